The van der Waals surface area contributed by atoms with Crippen LogP contribution in [0.1, 0.15) is 13.3 Å². The van der Waals surface area contributed by atoms with Gasteiger partial charge in [0.15, 0.2) is 0 Å². The highest BCUT2D eigenvalue weighted by molar-refractivity contribution is 6.76. The van der Waals surface area contributed by atoms with Crippen LogP contribution in [-0.2, 0) is 19.0 Å². The zero-order valence-electron chi connectivity index (χ0n) is 13.8. The molecule has 0 aliphatic carbocycles. The van der Waals surface area contributed by atoms with Gasteiger partial charge in [0.1, 0.15) is 19.7 Å². The molecular formula is C16H30O4Si. The summed E-state index contributed by atoms with van der Waals surface area (Å²) in [6.07, 6.45) is 6.91. The van der Waals surface area contributed by atoms with Crippen molar-refractivity contribution < 1.29 is 19.0 Å². The van der Waals surface area contributed by atoms with E-state index in [1.54, 1.807) is 6.08 Å². The first kappa shape index (κ1) is 20.2. The molecule has 0 saturated heterocycles. The van der Waals surface area contributed by atoms with Crippen LogP contribution in [0.15, 0.2) is 24.8 Å². The number of hydrogen-bond acceptors (Lipinski definition) is 4. The van der Waals surface area contributed by atoms with E-state index in [-0.39, 0.29) is 18.8 Å². The van der Waals surface area contributed by atoms with Gasteiger partial charge in [-0.2, -0.15) is 0 Å². The van der Waals surface area contributed by atoms with Crippen LogP contribution in [-0.4, -0.2) is 46.6 Å². The molecule has 0 aliphatic heterocycles. The summed E-state index contributed by atoms with van der Waals surface area (Å²) in [5.41, 5.74) is 0. The standard InChI is InChI=1S/C16H30O4Si/c1-6-16(19-11-10-17)9-7-8-15(2)20-14-18-12-13-21(3,4)5/h6-8,10,15-16H,1,9,11-14H2,2-5H3/b8-7-/t15-,16-/m1/s1. The maximum absolute atomic E-state index is 10.2. The Labute approximate surface area is 130 Å². The third-order valence-corrected chi connectivity index (χ3v) is 4.53. The molecule has 21 heavy (non-hydrogen) atoms. The summed E-state index contributed by atoms with van der Waals surface area (Å²) in [5, 5.41) is 0. The Balaban J connectivity index is 3.72. The number of carbonyl (C=O) groups is 1. The first-order chi connectivity index (χ1) is 9.89. The van der Waals surface area contributed by atoms with Gasteiger partial charge in [-0.25, -0.2) is 0 Å². The van der Waals surface area contributed by atoms with Crippen molar-refractivity contribution in [2.45, 2.75) is 51.2 Å². The van der Waals surface area contributed by atoms with E-state index < -0.39 is 8.07 Å². The molecule has 0 heterocycles. The van der Waals surface area contributed by atoms with Crippen LogP contribution in [0.5, 0.6) is 0 Å². The second-order valence-corrected chi connectivity index (χ2v) is 11.8. The van der Waals surface area contributed by atoms with Gasteiger partial charge < -0.3 is 19.0 Å². The summed E-state index contributed by atoms with van der Waals surface area (Å²) in [7, 11) is -1.03. The summed E-state index contributed by atoms with van der Waals surface area (Å²) in [6, 6.07) is 1.15. The molecule has 5 heteroatoms. The van der Waals surface area contributed by atoms with Gasteiger partial charge in [-0.05, 0) is 19.4 Å². The number of carbonyl (C=O) groups excluding carboxylic acids is 1. The first-order valence-electron chi connectivity index (χ1n) is 7.43. The fraction of sp³-hybridized carbons (Fsp3) is 0.688. The minimum Gasteiger partial charge on any atom is -0.366 e. The average Bonchev–Trinajstić information content (AvgIpc) is 2.41. The minimum absolute atomic E-state index is 0.00609. The molecule has 0 aromatic heterocycles. The van der Waals surface area contributed by atoms with E-state index in [0.717, 1.165) is 18.9 Å². The molecule has 0 unspecified atom stereocenters. The topological polar surface area (TPSA) is 44.8 Å². The van der Waals surface area contributed by atoms with Crippen molar-refractivity contribution >= 4 is 14.4 Å². The first-order valence-corrected chi connectivity index (χ1v) is 11.1. The monoisotopic (exact) mass is 314 g/mol. The molecule has 0 aliphatic rings. The Bertz CT molecular complexity index is 310. The predicted octanol–water partition coefficient (Wildman–Crippen LogP) is 3.42. The molecule has 0 N–H and O–H groups in total. The molecule has 0 saturated carbocycles. The zero-order valence-corrected chi connectivity index (χ0v) is 14.8. The van der Waals surface area contributed by atoms with E-state index >= 15 is 0 Å². The van der Waals surface area contributed by atoms with Crippen LogP contribution < -0.4 is 0 Å². The van der Waals surface area contributed by atoms with Gasteiger partial charge in [0, 0.05) is 14.7 Å². The van der Waals surface area contributed by atoms with E-state index in [4.69, 9.17) is 14.2 Å². The third kappa shape index (κ3) is 14.0. The quantitative estimate of drug-likeness (QED) is 0.172. The van der Waals surface area contributed by atoms with Gasteiger partial charge in [-0.3, -0.25) is 0 Å². The normalized spacial score (nSPS) is 15.0. The summed E-state index contributed by atoms with van der Waals surface area (Å²) < 4.78 is 16.3. The summed E-state index contributed by atoms with van der Waals surface area (Å²) >= 11 is 0. The maximum atomic E-state index is 10.2. The van der Waals surface area contributed by atoms with Gasteiger partial charge >= 0.3 is 0 Å². The highest BCUT2D eigenvalue weighted by Gasteiger charge is 2.12. The van der Waals surface area contributed by atoms with Gasteiger partial charge in [-0.15, -0.1) is 6.58 Å². The molecule has 0 bridgehead atoms. The fourth-order valence-electron chi connectivity index (χ4n) is 1.45. The Morgan fingerprint density at radius 1 is 1.24 bits per heavy atom. The predicted molar refractivity (Wildman–Crippen MR) is 89.3 cm³/mol. The Kier molecular flexibility index (Phi) is 11.4. The van der Waals surface area contributed by atoms with E-state index in [1.165, 1.54) is 0 Å². The lowest BCUT2D eigenvalue weighted by Gasteiger charge is -2.16. The van der Waals surface area contributed by atoms with Crippen molar-refractivity contribution in [2.75, 3.05) is 20.0 Å². The average molecular weight is 314 g/mol. The lowest BCUT2D eigenvalue weighted by atomic mass is 10.2. The van der Waals surface area contributed by atoms with Crippen LogP contribution >= 0.6 is 0 Å². The SMILES string of the molecule is C=C[C@H](C/C=C\[C@@H](C)OCOCC[Si](C)(C)C)OCC=O. The maximum Gasteiger partial charge on any atom is 0.147 e. The molecule has 122 valence electrons. The van der Waals surface area contributed by atoms with Crippen molar-refractivity contribution in [1.82, 2.24) is 0 Å². The highest BCUT2D eigenvalue weighted by atomic mass is 28.3. The number of aldehydes is 1. The lowest BCUT2D eigenvalue weighted by Crippen LogP contribution is -2.22. The van der Waals surface area contributed by atoms with Gasteiger partial charge in [0.25, 0.3) is 0 Å². The van der Waals surface area contributed by atoms with Crippen molar-refractivity contribution in [3.8, 4) is 0 Å². The van der Waals surface area contributed by atoms with Crippen LogP contribution in [0.3, 0.4) is 0 Å². The van der Waals surface area contributed by atoms with E-state index in [9.17, 15) is 4.79 Å². The number of rotatable bonds is 13. The number of ether oxygens (including phenoxy) is 3. The Hall–Kier alpha value is -0.753. The molecular weight excluding hydrogens is 284 g/mol. The second kappa shape index (κ2) is 11.9. The zero-order chi connectivity index (χ0) is 16.1. The third-order valence-electron chi connectivity index (χ3n) is 2.83. The van der Waals surface area contributed by atoms with Crippen LogP contribution in [0.2, 0.25) is 25.7 Å². The van der Waals surface area contributed by atoms with Crippen molar-refractivity contribution in [1.29, 1.82) is 0 Å². The van der Waals surface area contributed by atoms with Crippen LogP contribution in [0.4, 0.5) is 0 Å². The van der Waals surface area contributed by atoms with E-state index in [2.05, 4.69) is 26.2 Å². The van der Waals surface area contributed by atoms with E-state index in [1.807, 2.05) is 19.1 Å². The lowest BCUT2D eigenvalue weighted by molar-refractivity contribution is -0.112. The Morgan fingerprint density at radius 3 is 2.52 bits per heavy atom. The van der Waals surface area contributed by atoms with Crippen molar-refractivity contribution in [2.24, 2.45) is 0 Å². The minimum atomic E-state index is -1.03. The molecule has 0 fully saturated rings. The fourth-order valence-corrected chi connectivity index (χ4v) is 2.20. The van der Waals surface area contributed by atoms with Gasteiger partial charge in [0.2, 0.25) is 0 Å². The highest BCUT2D eigenvalue weighted by Crippen LogP contribution is 2.08. The molecule has 2 atom stereocenters. The summed E-state index contributed by atoms with van der Waals surface area (Å²) in [6.45, 7) is 13.8. The van der Waals surface area contributed by atoms with Gasteiger partial charge in [-0.1, -0.05) is 37.9 Å². The van der Waals surface area contributed by atoms with Crippen LogP contribution in [0, 0.1) is 0 Å². The van der Waals surface area contributed by atoms with Gasteiger partial charge in [0.05, 0.1) is 12.2 Å². The summed E-state index contributed by atoms with van der Waals surface area (Å²) in [4.78, 5) is 10.2. The molecule has 0 rings (SSSR count). The molecule has 0 radical (unpaired) electrons. The van der Waals surface area contributed by atoms with E-state index in [0.29, 0.717) is 13.2 Å². The smallest absolute Gasteiger partial charge is 0.147 e. The second-order valence-electron chi connectivity index (χ2n) is 6.15. The number of hydrogen-bond donors (Lipinski definition) is 0. The largest absolute Gasteiger partial charge is 0.366 e. The molecule has 0 spiro atoms. The van der Waals surface area contributed by atoms with Crippen molar-refractivity contribution in [3.05, 3.63) is 24.8 Å². The van der Waals surface area contributed by atoms with Crippen LogP contribution in [0.25, 0.3) is 0 Å². The molecule has 0 aromatic rings. The molecule has 0 aromatic carbocycles. The summed E-state index contributed by atoms with van der Waals surface area (Å²) in [5.74, 6) is 0. The molecule has 4 nitrogen and oxygen atoms in total. The molecule has 0 amide bonds. The Morgan fingerprint density at radius 2 is 1.95 bits per heavy atom. The van der Waals surface area contributed by atoms with Crippen molar-refractivity contribution in [3.63, 3.8) is 0 Å².